The van der Waals surface area contributed by atoms with Crippen LogP contribution in [0.5, 0.6) is 0 Å². The normalized spacial score (nSPS) is 16.8. The molecule has 4 aromatic carbocycles. The summed E-state index contributed by atoms with van der Waals surface area (Å²) in [7, 11) is 0. The minimum atomic E-state index is -1.93. The van der Waals surface area contributed by atoms with E-state index in [2.05, 4.69) is 10.2 Å². The van der Waals surface area contributed by atoms with E-state index in [0.29, 0.717) is 26.2 Å². The molecule has 1 spiro atoms. The number of benzene rings is 4. The van der Waals surface area contributed by atoms with E-state index in [-0.39, 0.29) is 45.5 Å². The second-order valence-electron chi connectivity index (χ2n) is 11.3. The molecule has 2 aliphatic heterocycles. The summed E-state index contributed by atoms with van der Waals surface area (Å²) >= 11 is 8.62. The van der Waals surface area contributed by atoms with Gasteiger partial charge in [-0.2, -0.15) is 0 Å². The second-order valence-corrected chi connectivity index (χ2v) is 13.9. The SMILES string of the molecule is Cc1ccc(CN2C(=O)C3(c4ccccc42)c2c(oc4ccc(Cl)cc4c2=O)C(=O)N3c2nnc(SCc3ccccc3F)s2)cc1. The number of para-hydroxylation sites is 1. The van der Waals surface area contributed by atoms with Crippen LogP contribution in [0.15, 0.2) is 105 Å². The summed E-state index contributed by atoms with van der Waals surface area (Å²) in [6.45, 7) is 2.18. The summed E-state index contributed by atoms with van der Waals surface area (Å²) in [5.74, 6) is -1.51. The van der Waals surface area contributed by atoms with Gasteiger partial charge < -0.3 is 9.32 Å². The topological polar surface area (TPSA) is 96.6 Å². The third kappa shape index (κ3) is 4.52. The van der Waals surface area contributed by atoms with E-state index in [1.54, 1.807) is 53.4 Å². The van der Waals surface area contributed by atoms with Gasteiger partial charge in [0.05, 0.1) is 23.2 Å². The summed E-state index contributed by atoms with van der Waals surface area (Å²) in [4.78, 5) is 46.9. The zero-order chi connectivity index (χ0) is 32.4. The Morgan fingerprint density at radius 1 is 0.957 bits per heavy atom. The lowest BCUT2D eigenvalue weighted by Gasteiger charge is -2.32. The minimum Gasteiger partial charge on any atom is -0.450 e. The smallest absolute Gasteiger partial charge is 0.297 e. The standard InChI is InChI=1S/C35H22ClFN4O4S2/c1-19-10-12-20(13-11-19)17-40-26-9-5-3-7-24(26)35(32(40)44)28-29(42)23-16-22(36)14-15-27(23)45-30(28)31(43)41(35)33-38-39-34(47-33)46-18-21-6-2-4-8-25(21)37/h2-16H,17-18H2,1H3. The van der Waals surface area contributed by atoms with Crippen LogP contribution in [0.25, 0.3) is 11.0 Å². The molecule has 0 radical (unpaired) electrons. The number of halogens is 2. The average Bonchev–Trinajstić information content (AvgIpc) is 3.71. The van der Waals surface area contributed by atoms with Crippen molar-refractivity contribution in [3.63, 3.8) is 0 Å². The third-order valence-electron chi connectivity index (χ3n) is 8.44. The van der Waals surface area contributed by atoms with Gasteiger partial charge in [-0.25, -0.2) is 4.39 Å². The van der Waals surface area contributed by atoms with Crippen molar-refractivity contribution in [2.45, 2.75) is 29.1 Å². The van der Waals surface area contributed by atoms with E-state index in [1.807, 2.05) is 31.2 Å². The lowest BCUT2D eigenvalue weighted by atomic mass is 9.84. The second kappa shape index (κ2) is 11.2. The van der Waals surface area contributed by atoms with Gasteiger partial charge in [0, 0.05) is 16.3 Å². The molecule has 1 atom stereocenters. The summed E-state index contributed by atoms with van der Waals surface area (Å²) in [5, 5.41) is 9.18. The highest BCUT2D eigenvalue weighted by Gasteiger charge is 2.66. The maximum absolute atomic E-state index is 15.1. The minimum absolute atomic E-state index is 0.0965. The Hall–Kier alpha value is -4.84. The molecule has 2 aromatic heterocycles. The fraction of sp³-hybridized carbons (Fsp3) is 0.114. The molecule has 0 saturated carbocycles. The van der Waals surface area contributed by atoms with Crippen molar-refractivity contribution in [2.75, 3.05) is 9.80 Å². The van der Waals surface area contributed by atoms with Crippen LogP contribution in [-0.4, -0.2) is 22.0 Å². The zero-order valence-electron chi connectivity index (χ0n) is 24.6. The molecule has 4 heterocycles. The number of hydrogen-bond acceptors (Lipinski definition) is 8. The molecule has 232 valence electrons. The number of anilines is 2. The lowest BCUT2D eigenvalue weighted by molar-refractivity contribution is -0.121. The van der Waals surface area contributed by atoms with Crippen LogP contribution in [0, 0.1) is 12.7 Å². The third-order valence-corrected chi connectivity index (χ3v) is 10.8. The quantitative estimate of drug-likeness (QED) is 0.133. The fourth-order valence-corrected chi connectivity index (χ4v) is 8.32. The number of thioether (sulfide) groups is 1. The Balaban J connectivity index is 1.32. The maximum Gasteiger partial charge on any atom is 0.297 e. The van der Waals surface area contributed by atoms with E-state index in [0.717, 1.165) is 22.5 Å². The number of aromatic nitrogens is 2. The summed E-state index contributed by atoms with van der Waals surface area (Å²) in [6, 6.07) is 25.9. The molecule has 0 aliphatic carbocycles. The molecular weight excluding hydrogens is 659 g/mol. The summed E-state index contributed by atoms with van der Waals surface area (Å²) < 4.78 is 20.9. The van der Waals surface area contributed by atoms with Crippen LogP contribution in [0.1, 0.15) is 38.4 Å². The zero-order valence-corrected chi connectivity index (χ0v) is 27.0. The van der Waals surface area contributed by atoms with Gasteiger partial charge >= 0.3 is 0 Å². The highest BCUT2D eigenvalue weighted by molar-refractivity contribution is 8.00. The van der Waals surface area contributed by atoms with Crippen molar-refractivity contribution in [3.05, 3.63) is 146 Å². The van der Waals surface area contributed by atoms with Crippen molar-refractivity contribution < 1.29 is 18.4 Å². The van der Waals surface area contributed by atoms with Crippen LogP contribution in [0.2, 0.25) is 5.02 Å². The van der Waals surface area contributed by atoms with E-state index in [4.69, 9.17) is 16.0 Å². The number of hydrogen-bond donors (Lipinski definition) is 0. The molecule has 0 fully saturated rings. The molecule has 6 aromatic rings. The van der Waals surface area contributed by atoms with E-state index >= 15 is 4.79 Å². The lowest BCUT2D eigenvalue weighted by Crippen LogP contribution is -2.53. The van der Waals surface area contributed by atoms with Crippen molar-refractivity contribution in [2.24, 2.45) is 0 Å². The number of carbonyl (C=O) groups excluding carboxylic acids is 2. The van der Waals surface area contributed by atoms with Crippen LogP contribution in [0.3, 0.4) is 0 Å². The first-order valence-electron chi connectivity index (χ1n) is 14.6. The predicted molar refractivity (Wildman–Crippen MR) is 180 cm³/mol. The van der Waals surface area contributed by atoms with E-state index in [9.17, 15) is 14.0 Å². The van der Waals surface area contributed by atoms with Crippen LogP contribution < -0.4 is 15.2 Å². The van der Waals surface area contributed by atoms with Crippen molar-refractivity contribution >= 4 is 68.3 Å². The maximum atomic E-state index is 15.1. The van der Waals surface area contributed by atoms with Gasteiger partial charge in [-0.3, -0.25) is 19.3 Å². The highest BCUT2D eigenvalue weighted by atomic mass is 35.5. The number of fused-ring (bicyclic) bond motifs is 5. The first-order valence-corrected chi connectivity index (χ1v) is 16.7. The first kappa shape index (κ1) is 29.6. The van der Waals surface area contributed by atoms with Crippen LogP contribution in [0.4, 0.5) is 15.2 Å². The van der Waals surface area contributed by atoms with Gasteiger partial charge in [-0.05, 0) is 48.4 Å². The molecular formula is C35H22ClFN4O4S2. The Morgan fingerprint density at radius 2 is 1.72 bits per heavy atom. The molecule has 0 N–H and O–H groups in total. The van der Waals surface area contributed by atoms with Gasteiger partial charge in [0.15, 0.2) is 15.3 Å². The predicted octanol–water partition coefficient (Wildman–Crippen LogP) is 7.49. The fourth-order valence-electron chi connectivity index (χ4n) is 6.27. The highest BCUT2D eigenvalue weighted by Crippen LogP contribution is 2.55. The van der Waals surface area contributed by atoms with Crippen LogP contribution >= 0.6 is 34.7 Å². The van der Waals surface area contributed by atoms with Crippen molar-refractivity contribution in [1.29, 1.82) is 0 Å². The summed E-state index contributed by atoms with van der Waals surface area (Å²) in [6.07, 6.45) is 0. The van der Waals surface area contributed by atoms with Crippen molar-refractivity contribution in [3.8, 4) is 0 Å². The number of rotatable bonds is 6. The average molecular weight is 681 g/mol. The molecule has 8 rings (SSSR count). The van der Waals surface area contributed by atoms with Crippen LogP contribution in [-0.2, 0) is 22.6 Å². The monoisotopic (exact) mass is 680 g/mol. The van der Waals surface area contributed by atoms with Gasteiger partial charge in [0.1, 0.15) is 11.4 Å². The molecule has 12 heteroatoms. The summed E-state index contributed by atoms with van der Waals surface area (Å²) in [5.41, 5.74) is 1.00. The van der Waals surface area contributed by atoms with Gasteiger partial charge in [0.2, 0.25) is 10.9 Å². The Kier molecular flexibility index (Phi) is 7.01. The molecule has 47 heavy (non-hydrogen) atoms. The van der Waals surface area contributed by atoms with Crippen molar-refractivity contribution in [1.82, 2.24) is 10.2 Å². The Bertz CT molecular complexity index is 2330. The Labute approximate surface area is 280 Å². The number of carbonyl (C=O) groups is 2. The van der Waals surface area contributed by atoms with Gasteiger partial charge in [-0.1, -0.05) is 101 Å². The molecule has 0 bridgehead atoms. The molecule has 2 amide bonds. The molecule has 1 unspecified atom stereocenters. The molecule has 0 saturated heterocycles. The van der Waals surface area contributed by atoms with Gasteiger partial charge in [-0.15, -0.1) is 10.2 Å². The first-order chi connectivity index (χ1) is 22.8. The Morgan fingerprint density at radius 3 is 2.53 bits per heavy atom. The molecule has 2 aliphatic rings. The van der Waals surface area contributed by atoms with E-state index < -0.39 is 22.8 Å². The number of aryl methyl sites for hydroxylation is 1. The number of amides is 2. The largest absolute Gasteiger partial charge is 0.450 e. The van der Waals surface area contributed by atoms with E-state index in [1.165, 1.54) is 34.9 Å². The number of nitrogens with zero attached hydrogens (tertiary/aromatic N) is 4. The molecule has 8 nitrogen and oxygen atoms in total. The van der Waals surface area contributed by atoms with Gasteiger partial charge in [0.25, 0.3) is 11.8 Å².